The molecule has 3 aromatic carbocycles. The van der Waals surface area contributed by atoms with Crippen molar-refractivity contribution >= 4 is 21.8 Å². The molecule has 7 heteroatoms. The number of nitrogens with one attached hydrogen (secondary N) is 1. The quantitative estimate of drug-likeness (QED) is 0.355. The van der Waals surface area contributed by atoms with Gasteiger partial charge >= 0.3 is 0 Å². The smallest absolute Gasteiger partial charge is 0.224 e. The van der Waals surface area contributed by atoms with E-state index < -0.39 is 6.04 Å². The van der Waals surface area contributed by atoms with Crippen molar-refractivity contribution in [1.82, 2.24) is 10.2 Å². The minimum atomic E-state index is -0.512. The van der Waals surface area contributed by atoms with E-state index in [0.29, 0.717) is 0 Å². The molecule has 200 valence electrons. The van der Waals surface area contributed by atoms with Gasteiger partial charge in [0.2, 0.25) is 5.91 Å². The fourth-order valence-electron chi connectivity index (χ4n) is 6.07. The van der Waals surface area contributed by atoms with Crippen LogP contribution in [0.4, 0.5) is 8.78 Å². The van der Waals surface area contributed by atoms with Gasteiger partial charge in [0, 0.05) is 29.0 Å². The Morgan fingerprint density at radius 1 is 0.947 bits per heavy atom. The van der Waals surface area contributed by atoms with Gasteiger partial charge in [0.05, 0.1) is 19.3 Å². The van der Waals surface area contributed by atoms with E-state index >= 15 is 0 Å². The highest BCUT2D eigenvalue weighted by atomic mass is 79.9. The number of benzene rings is 3. The number of carbonyl (C=O) groups excluding carboxylic acids is 1. The topological polar surface area (TPSA) is 41.6 Å². The van der Waals surface area contributed by atoms with Gasteiger partial charge in [0.1, 0.15) is 11.6 Å². The second kappa shape index (κ2) is 11.6. The van der Waals surface area contributed by atoms with Gasteiger partial charge in [-0.3, -0.25) is 9.69 Å². The van der Waals surface area contributed by atoms with Gasteiger partial charge in [-0.1, -0.05) is 52.3 Å². The highest BCUT2D eigenvalue weighted by Gasteiger charge is 2.45. The van der Waals surface area contributed by atoms with Crippen molar-refractivity contribution in [1.29, 1.82) is 0 Å². The van der Waals surface area contributed by atoms with Crippen molar-refractivity contribution in [3.05, 3.63) is 106 Å². The fourth-order valence-corrected chi connectivity index (χ4v) is 6.33. The molecule has 0 radical (unpaired) electrons. The van der Waals surface area contributed by atoms with Crippen LogP contribution in [0, 0.1) is 17.6 Å². The van der Waals surface area contributed by atoms with E-state index in [4.69, 9.17) is 4.74 Å². The summed E-state index contributed by atoms with van der Waals surface area (Å²) in [5.41, 5.74) is 2.62. The molecule has 1 N–H and O–H groups in total. The number of morpholine rings is 1. The fraction of sp³-hybridized carbons (Fsp3) is 0.387. The molecule has 5 rings (SSSR count). The van der Waals surface area contributed by atoms with Crippen LogP contribution >= 0.6 is 15.9 Å². The van der Waals surface area contributed by atoms with Crippen LogP contribution in [0.2, 0.25) is 0 Å². The molecule has 0 aromatic heterocycles. The number of amides is 1. The van der Waals surface area contributed by atoms with E-state index in [1.54, 1.807) is 24.3 Å². The summed E-state index contributed by atoms with van der Waals surface area (Å²) in [4.78, 5) is 16.5. The second-order valence-electron chi connectivity index (χ2n) is 10.6. The zero-order chi connectivity index (χ0) is 26.7. The average Bonchev–Trinajstić information content (AvgIpc) is 2.94. The van der Waals surface area contributed by atoms with Crippen LogP contribution in [-0.2, 0) is 9.53 Å². The van der Waals surface area contributed by atoms with Gasteiger partial charge < -0.3 is 10.1 Å². The highest BCUT2D eigenvalue weighted by molar-refractivity contribution is 9.10. The van der Waals surface area contributed by atoms with Crippen molar-refractivity contribution in [3.8, 4) is 0 Å². The molecular weight excluding hydrogens is 550 g/mol. The first-order valence-electron chi connectivity index (χ1n) is 13.2. The van der Waals surface area contributed by atoms with E-state index in [2.05, 4.69) is 45.2 Å². The van der Waals surface area contributed by atoms with E-state index in [0.717, 1.165) is 66.7 Å². The molecular formula is C31H33BrF2N2O2. The zero-order valence-electron chi connectivity index (χ0n) is 21.5. The number of rotatable bonds is 6. The Kier molecular flexibility index (Phi) is 8.26. The highest BCUT2D eigenvalue weighted by Crippen LogP contribution is 2.46. The summed E-state index contributed by atoms with van der Waals surface area (Å²) in [6, 6.07) is 20.0. The molecule has 1 saturated carbocycles. The van der Waals surface area contributed by atoms with Crippen LogP contribution < -0.4 is 5.32 Å². The maximum Gasteiger partial charge on any atom is 0.224 e. The summed E-state index contributed by atoms with van der Waals surface area (Å²) >= 11 is 3.54. The first-order chi connectivity index (χ1) is 18.3. The average molecular weight is 584 g/mol. The maximum atomic E-state index is 14.0. The van der Waals surface area contributed by atoms with E-state index in [9.17, 15) is 13.6 Å². The van der Waals surface area contributed by atoms with Gasteiger partial charge in [-0.05, 0) is 85.2 Å². The lowest BCUT2D eigenvalue weighted by Crippen LogP contribution is -2.55. The molecule has 0 spiro atoms. The molecule has 1 saturated heterocycles. The predicted molar refractivity (Wildman–Crippen MR) is 148 cm³/mol. The number of halogens is 3. The minimum absolute atomic E-state index is 0.0222. The Morgan fingerprint density at radius 3 is 2.05 bits per heavy atom. The lowest BCUT2D eigenvalue weighted by atomic mass is 9.67. The number of hydrogen-bond acceptors (Lipinski definition) is 3. The van der Waals surface area contributed by atoms with Gasteiger partial charge in [0.25, 0.3) is 0 Å². The van der Waals surface area contributed by atoms with Gasteiger partial charge in [-0.15, -0.1) is 0 Å². The third kappa shape index (κ3) is 6.00. The summed E-state index contributed by atoms with van der Waals surface area (Å²) in [6.07, 6.45) is 2.53. The van der Waals surface area contributed by atoms with E-state index in [-0.39, 0.29) is 34.9 Å². The molecule has 38 heavy (non-hydrogen) atoms. The lowest BCUT2D eigenvalue weighted by molar-refractivity contribution is -0.129. The van der Waals surface area contributed by atoms with Crippen molar-refractivity contribution in [3.63, 3.8) is 0 Å². The summed E-state index contributed by atoms with van der Waals surface area (Å²) < 4.78 is 34.0. The molecule has 3 aromatic rings. The van der Waals surface area contributed by atoms with Gasteiger partial charge in [-0.2, -0.15) is 0 Å². The Labute approximate surface area is 231 Å². The zero-order valence-corrected chi connectivity index (χ0v) is 23.1. The largest absolute Gasteiger partial charge is 0.379 e. The number of carbonyl (C=O) groups is 1. The minimum Gasteiger partial charge on any atom is -0.379 e. The number of ether oxygens (including phenoxy) is 1. The molecule has 2 aliphatic rings. The molecule has 1 aliphatic carbocycles. The van der Waals surface area contributed by atoms with E-state index in [1.807, 2.05) is 12.1 Å². The summed E-state index contributed by atoms with van der Waals surface area (Å²) in [6.45, 7) is 5.59. The first-order valence-corrected chi connectivity index (χ1v) is 14.0. The summed E-state index contributed by atoms with van der Waals surface area (Å²) in [7, 11) is 0. The Balaban J connectivity index is 1.44. The molecule has 4 nitrogen and oxygen atoms in total. The molecule has 1 heterocycles. The second-order valence-corrected chi connectivity index (χ2v) is 11.6. The third-order valence-electron chi connectivity index (χ3n) is 8.24. The lowest BCUT2D eigenvalue weighted by Gasteiger charge is -2.50. The van der Waals surface area contributed by atoms with Crippen molar-refractivity contribution in [2.24, 2.45) is 5.92 Å². The number of hydrogen-bond donors (Lipinski definition) is 1. The Hall–Kier alpha value is -2.61. The molecule has 0 bridgehead atoms. The normalized spacial score (nSPS) is 24.3. The molecule has 1 amide bonds. The molecule has 1 unspecified atom stereocenters. The van der Waals surface area contributed by atoms with E-state index in [1.165, 1.54) is 24.3 Å². The monoisotopic (exact) mass is 582 g/mol. The van der Waals surface area contributed by atoms with Crippen LogP contribution in [0.1, 0.15) is 54.8 Å². The Morgan fingerprint density at radius 2 is 1.50 bits per heavy atom. The van der Waals surface area contributed by atoms with Crippen molar-refractivity contribution < 1.29 is 18.3 Å². The molecule has 2 fully saturated rings. The molecule has 3 atom stereocenters. The number of nitrogens with zero attached hydrogens (tertiary/aromatic N) is 1. The SMILES string of the molecule is CC1(N2CCOCC2)CC[C@@H](C(=O)NC(c2ccc(F)cc2)c2ccc(F)cc2)[C@H](c2ccc(Br)cc2)C1. The summed E-state index contributed by atoms with van der Waals surface area (Å²) in [5, 5.41) is 3.25. The first kappa shape index (κ1) is 27.0. The van der Waals surface area contributed by atoms with Gasteiger partial charge in [0.15, 0.2) is 0 Å². The maximum absolute atomic E-state index is 14.0. The Bertz CT molecular complexity index is 1180. The standard InChI is InChI=1S/C31H33BrF2N2O2/c1-31(36-16-18-38-19-17-36)15-14-27(28(20-31)21-2-8-24(32)9-3-21)30(37)35-29(22-4-10-25(33)11-5-22)23-6-12-26(34)13-7-23/h2-13,27-29H,14-20H2,1H3,(H,35,37)/t27-,28+,31?/m1/s1. The predicted octanol–water partition coefficient (Wildman–Crippen LogP) is 6.61. The van der Waals surface area contributed by atoms with Crippen LogP contribution in [0.5, 0.6) is 0 Å². The van der Waals surface area contributed by atoms with Crippen molar-refractivity contribution in [2.75, 3.05) is 26.3 Å². The van der Waals surface area contributed by atoms with Crippen molar-refractivity contribution in [2.45, 2.75) is 43.7 Å². The molecule has 1 aliphatic heterocycles. The third-order valence-corrected chi connectivity index (χ3v) is 8.77. The van der Waals surface area contributed by atoms with Crippen LogP contribution in [0.15, 0.2) is 77.3 Å². The van der Waals surface area contributed by atoms with Crippen LogP contribution in [-0.4, -0.2) is 42.6 Å². The summed E-state index contributed by atoms with van der Waals surface area (Å²) in [5.74, 6) is -0.924. The van der Waals surface area contributed by atoms with Crippen LogP contribution in [0.25, 0.3) is 0 Å². The van der Waals surface area contributed by atoms with Gasteiger partial charge in [-0.25, -0.2) is 8.78 Å². The van der Waals surface area contributed by atoms with Crippen LogP contribution in [0.3, 0.4) is 0 Å².